The Hall–Kier alpha value is -0.170. The van der Waals surface area contributed by atoms with E-state index in [4.69, 9.17) is 0 Å². The standard InChI is InChI=1S/C12H26O4S.C8H8.Na/c1-2-3-4-5-6-7-8-9-10-11-12-16-17(13,14)15;1-2-8-6-4-3-5-7-8;/h2-12H2,1H3,(H,13,14,15);2-7H,1H2;/q;;+1/p-1. The molecule has 0 aliphatic heterocycles. The predicted octanol–water partition coefficient (Wildman–Crippen LogP) is 2.72. The van der Waals surface area contributed by atoms with E-state index >= 15 is 0 Å². The number of benzene rings is 1. The fraction of sp³-hybridized carbons (Fsp3) is 0.600. The van der Waals surface area contributed by atoms with Crippen molar-refractivity contribution in [3.05, 3.63) is 42.5 Å². The molecule has 1 aromatic rings. The van der Waals surface area contributed by atoms with Gasteiger partial charge in [-0.15, -0.1) is 0 Å². The second kappa shape index (κ2) is 19.6. The van der Waals surface area contributed by atoms with Crippen molar-refractivity contribution in [2.45, 2.75) is 71.1 Å². The number of rotatable bonds is 13. The normalized spacial score (nSPS) is 10.4. The molecule has 0 spiro atoms. The van der Waals surface area contributed by atoms with Gasteiger partial charge < -0.3 is 4.55 Å². The van der Waals surface area contributed by atoms with Gasteiger partial charge in [-0.3, -0.25) is 4.18 Å². The molecule has 0 aliphatic rings. The minimum atomic E-state index is -4.48. The van der Waals surface area contributed by atoms with Gasteiger partial charge in [0.1, 0.15) is 0 Å². The van der Waals surface area contributed by atoms with Crippen LogP contribution in [-0.2, 0) is 14.6 Å². The molecule has 0 bridgehead atoms. The molecule has 0 atom stereocenters. The fourth-order valence-corrected chi connectivity index (χ4v) is 2.66. The van der Waals surface area contributed by atoms with Crippen LogP contribution in [0.25, 0.3) is 6.08 Å². The summed E-state index contributed by atoms with van der Waals surface area (Å²) in [7, 11) is -4.48. The maximum Gasteiger partial charge on any atom is 1.00 e. The van der Waals surface area contributed by atoms with E-state index in [0.29, 0.717) is 6.42 Å². The third-order valence-corrected chi connectivity index (χ3v) is 4.22. The number of unbranched alkanes of at least 4 members (excludes halogenated alkanes) is 9. The van der Waals surface area contributed by atoms with Gasteiger partial charge in [-0.1, -0.05) is 108 Å². The van der Waals surface area contributed by atoms with Gasteiger partial charge >= 0.3 is 29.6 Å². The predicted molar refractivity (Wildman–Crippen MR) is 104 cm³/mol. The van der Waals surface area contributed by atoms with E-state index in [-0.39, 0.29) is 36.2 Å². The minimum absolute atomic E-state index is 0. The first-order chi connectivity index (χ1) is 12.0. The Morgan fingerprint density at radius 1 is 0.923 bits per heavy atom. The SMILES string of the molecule is C=Cc1ccccc1.CCCCCCCCCCCCOS(=O)(=O)[O-].[Na+]. The van der Waals surface area contributed by atoms with E-state index in [1.807, 2.05) is 36.4 Å². The van der Waals surface area contributed by atoms with Crippen LogP contribution in [0.1, 0.15) is 76.7 Å². The van der Waals surface area contributed by atoms with Gasteiger partial charge in [0.2, 0.25) is 10.4 Å². The van der Waals surface area contributed by atoms with Gasteiger partial charge in [0, 0.05) is 0 Å². The Balaban J connectivity index is 0. The van der Waals surface area contributed by atoms with Crippen LogP contribution in [0.5, 0.6) is 0 Å². The van der Waals surface area contributed by atoms with Crippen molar-refractivity contribution in [2.24, 2.45) is 0 Å². The molecule has 0 aliphatic carbocycles. The third-order valence-electron chi connectivity index (χ3n) is 3.76. The quantitative estimate of drug-likeness (QED) is 0.224. The zero-order valence-corrected chi connectivity index (χ0v) is 19.3. The van der Waals surface area contributed by atoms with Crippen LogP contribution in [0.3, 0.4) is 0 Å². The fourth-order valence-electron chi connectivity index (χ4n) is 2.34. The minimum Gasteiger partial charge on any atom is -0.726 e. The average Bonchev–Trinajstić information content (AvgIpc) is 2.60. The zero-order valence-electron chi connectivity index (χ0n) is 16.5. The molecular weight excluding hydrogens is 359 g/mol. The second-order valence-corrected chi connectivity index (χ2v) is 7.08. The van der Waals surface area contributed by atoms with Crippen molar-refractivity contribution in [1.29, 1.82) is 0 Å². The summed E-state index contributed by atoms with van der Waals surface area (Å²) < 4.78 is 34.5. The molecule has 0 unspecified atom stereocenters. The Morgan fingerprint density at radius 3 is 1.77 bits per heavy atom. The van der Waals surface area contributed by atoms with E-state index in [1.165, 1.54) is 50.5 Å². The molecule has 4 nitrogen and oxygen atoms in total. The molecule has 0 amide bonds. The van der Waals surface area contributed by atoms with Crippen LogP contribution in [0.15, 0.2) is 36.9 Å². The van der Waals surface area contributed by atoms with Crippen LogP contribution in [-0.4, -0.2) is 19.6 Å². The van der Waals surface area contributed by atoms with Crippen LogP contribution in [0.4, 0.5) is 0 Å². The summed E-state index contributed by atoms with van der Waals surface area (Å²) in [6.07, 6.45) is 13.5. The summed E-state index contributed by atoms with van der Waals surface area (Å²) in [5, 5.41) is 0. The van der Waals surface area contributed by atoms with E-state index < -0.39 is 10.4 Å². The molecule has 0 N–H and O–H groups in total. The van der Waals surface area contributed by atoms with Gasteiger partial charge in [0.05, 0.1) is 6.61 Å². The second-order valence-electron chi connectivity index (χ2n) is 6.03. The van der Waals surface area contributed by atoms with E-state index in [0.717, 1.165) is 12.8 Å². The molecule has 144 valence electrons. The molecule has 0 saturated heterocycles. The van der Waals surface area contributed by atoms with Crippen LogP contribution >= 0.6 is 0 Å². The van der Waals surface area contributed by atoms with Crippen molar-refractivity contribution < 1.29 is 46.7 Å². The van der Waals surface area contributed by atoms with E-state index in [1.54, 1.807) is 0 Å². The summed E-state index contributed by atoms with van der Waals surface area (Å²) in [6, 6.07) is 10.0. The van der Waals surface area contributed by atoms with E-state index in [9.17, 15) is 13.0 Å². The summed E-state index contributed by atoms with van der Waals surface area (Å²) in [5.74, 6) is 0. The smallest absolute Gasteiger partial charge is 0.726 e. The number of hydrogen-bond donors (Lipinski definition) is 0. The monoisotopic (exact) mass is 392 g/mol. The molecule has 0 aromatic heterocycles. The summed E-state index contributed by atoms with van der Waals surface area (Å²) in [6.45, 7) is 5.87. The van der Waals surface area contributed by atoms with Crippen molar-refractivity contribution >= 4 is 16.5 Å². The maximum absolute atomic E-state index is 10.1. The van der Waals surface area contributed by atoms with Gasteiger partial charge in [0.15, 0.2) is 0 Å². The van der Waals surface area contributed by atoms with Crippen molar-refractivity contribution in [2.75, 3.05) is 6.61 Å². The Kier molecular flexibility index (Phi) is 21.1. The maximum atomic E-state index is 10.1. The largest absolute Gasteiger partial charge is 1.00 e. The molecule has 1 aromatic carbocycles. The van der Waals surface area contributed by atoms with Crippen molar-refractivity contribution in [1.82, 2.24) is 0 Å². The van der Waals surface area contributed by atoms with Gasteiger partial charge in [-0.2, -0.15) is 0 Å². The van der Waals surface area contributed by atoms with Gasteiger partial charge in [-0.05, 0) is 12.0 Å². The first kappa shape index (κ1) is 28.0. The van der Waals surface area contributed by atoms with Crippen LogP contribution in [0, 0.1) is 0 Å². The molecule has 1 rings (SSSR count). The Bertz CT molecular complexity index is 518. The first-order valence-corrected chi connectivity index (χ1v) is 10.6. The zero-order chi connectivity index (χ0) is 18.8. The number of hydrogen-bond acceptors (Lipinski definition) is 4. The molecular formula is C20H33NaO4S. The topological polar surface area (TPSA) is 66.4 Å². The van der Waals surface area contributed by atoms with Crippen LogP contribution < -0.4 is 29.6 Å². The van der Waals surface area contributed by atoms with Crippen molar-refractivity contribution in [3.63, 3.8) is 0 Å². The average molecular weight is 393 g/mol. The van der Waals surface area contributed by atoms with Gasteiger partial charge in [-0.25, -0.2) is 8.42 Å². The molecule has 0 saturated carbocycles. The van der Waals surface area contributed by atoms with Crippen LogP contribution in [0.2, 0.25) is 0 Å². The Morgan fingerprint density at radius 2 is 1.38 bits per heavy atom. The Labute approximate surface area is 182 Å². The summed E-state index contributed by atoms with van der Waals surface area (Å²) >= 11 is 0. The molecule has 0 fully saturated rings. The molecule has 6 heteroatoms. The summed E-state index contributed by atoms with van der Waals surface area (Å²) in [5.41, 5.74) is 1.17. The molecule has 0 heterocycles. The molecule has 26 heavy (non-hydrogen) atoms. The van der Waals surface area contributed by atoms with E-state index in [2.05, 4.69) is 17.7 Å². The first-order valence-electron chi connectivity index (χ1n) is 9.27. The van der Waals surface area contributed by atoms with Gasteiger partial charge in [0.25, 0.3) is 0 Å². The van der Waals surface area contributed by atoms with Crippen molar-refractivity contribution in [3.8, 4) is 0 Å². The third kappa shape index (κ3) is 21.9. The molecule has 0 radical (unpaired) electrons. The summed E-state index contributed by atoms with van der Waals surface area (Å²) in [4.78, 5) is 0.